The molecule has 2 rings (SSSR count). The van der Waals surface area contributed by atoms with Gasteiger partial charge in [0.25, 0.3) is 0 Å². The van der Waals surface area contributed by atoms with E-state index in [4.69, 9.17) is 11.6 Å². The SMILES string of the molecule is Cc1cccc(C(CO)(CO)Cc2cc(Cl)ccc2F)c1. The molecule has 21 heavy (non-hydrogen) atoms. The van der Waals surface area contributed by atoms with E-state index in [-0.39, 0.29) is 19.6 Å². The molecule has 0 aromatic heterocycles. The van der Waals surface area contributed by atoms with E-state index in [1.54, 1.807) is 0 Å². The Morgan fingerprint density at radius 3 is 2.43 bits per heavy atom. The van der Waals surface area contributed by atoms with Gasteiger partial charge in [-0.1, -0.05) is 41.4 Å². The molecule has 4 heteroatoms. The van der Waals surface area contributed by atoms with Crippen LogP contribution in [0.3, 0.4) is 0 Å². The largest absolute Gasteiger partial charge is 0.395 e. The molecule has 0 heterocycles. The summed E-state index contributed by atoms with van der Waals surface area (Å²) in [6.45, 7) is 1.38. The van der Waals surface area contributed by atoms with Crippen LogP contribution in [0.1, 0.15) is 16.7 Å². The first kappa shape index (κ1) is 16.0. The highest BCUT2D eigenvalue weighted by molar-refractivity contribution is 6.30. The third-order valence-electron chi connectivity index (χ3n) is 3.77. The summed E-state index contributed by atoms with van der Waals surface area (Å²) in [6, 6.07) is 11.8. The second-order valence-corrected chi connectivity index (χ2v) is 5.81. The van der Waals surface area contributed by atoms with Crippen LogP contribution in [-0.4, -0.2) is 23.4 Å². The van der Waals surface area contributed by atoms with Crippen LogP contribution in [0.4, 0.5) is 4.39 Å². The molecule has 0 aliphatic heterocycles. The van der Waals surface area contributed by atoms with Crippen molar-refractivity contribution in [2.75, 3.05) is 13.2 Å². The fourth-order valence-electron chi connectivity index (χ4n) is 2.46. The van der Waals surface area contributed by atoms with Gasteiger partial charge in [-0.15, -0.1) is 0 Å². The lowest BCUT2D eigenvalue weighted by Gasteiger charge is -2.31. The van der Waals surface area contributed by atoms with Crippen molar-refractivity contribution in [2.45, 2.75) is 18.8 Å². The van der Waals surface area contributed by atoms with Crippen molar-refractivity contribution >= 4 is 11.6 Å². The van der Waals surface area contributed by atoms with E-state index in [1.807, 2.05) is 31.2 Å². The zero-order valence-corrected chi connectivity index (χ0v) is 12.6. The Morgan fingerprint density at radius 1 is 1.10 bits per heavy atom. The lowest BCUT2D eigenvalue weighted by Crippen LogP contribution is -2.37. The van der Waals surface area contributed by atoms with Crippen molar-refractivity contribution in [3.8, 4) is 0 Å². The minimum Gasteiger partial charge on any atom is -0.395 e. The van der Waals surface area contributed by atoms with E-state index < -0.39 is 11.2 Å². The van der Waals surface area contributed by atoms with Crippen molar-refractivity contribution in [3.05, 3.63) is 70.0 Å². The molecule has 0 radical (unpaired) electrons. The summed E-state index contributed by atoms with van der Waals surface area (Å²) in [7, 11) is 0. The molecule has 0 amide bonds. The summed E-state index contributed by atoms with van der Waals surface area (Å²) < 4.78 is 13.9. The maximum Gasteiger partial charge on any atom is 0.126 e. The van der Waals surface area contributed by atoms with Crippen LogP contribution in [0.5, 0.6) is 0 Å². The number of aliphatic hydroxyl groups excluding tert-OH is 2. The van der Waals surface area contributed by atoms with Gasteiger partial charge in [-0.25, -0.2) is 4.39 Å². The van der Waals surface area contributed by atoms with Gasteiger partial charge in [0, 0.05) is 10.4 Å². The summed E-state index contributed by atoms with van der Waals surface area (Å²) in [6.07, 6.45) is 0.176. The lowest BCUT2D eigenvalue weighted by atomic mass is 9.76. The molecule has 2 aromatic rings. The Morgan fingerprint density at radius 2 is 1.81 bits per heavy atom. The molecule has 0 unspecified atom stereocenters. The predicted octanol–water partition coefficient (Wildman–Crippen LogP) is 3.25. The summed E-state index contributed by atoms with van der Waals surface area (Å²) >= 11 is 5.91. The average molecular weight is 309 g/mol. The summed E-state index contributed by atoms with van der Waals surface area (Å²) in [5, 5.41) is 20.1. The van der Waals surface area contributed by atoms with Gasteiger partial charge >= 0.3 is 0 Å². The molecular formula is C17H18ClFO2. The van der Waals surface area contributed by atoms with E-state index in [1.165, 1.54) is 18.2 Å². The van der Waals surface area contributed by atoms with E-state index >= 15 is 0 Å². The van der Waals surface area contributed by atoms with Crippen LogP contribution in [0, 0.1) is 12.7 Å². The van der Waals surface area contributed by atoms with E-state index in [0.717, 1.165) is 11.1 Å². The Bertz CT molecular complexity index is 624. The molecule has 112 valence electrons. The number of aryl methyl sites for hydroxylation is 1. The number of benzene rings is 2. The predicted molar refractivity (Wildman–Crippen MR) is 82.1 cm³/mol. The molecule has 0 atom stereocenters. The van der Waals surface area contributed by atoms with Gasteiger partial charge < -0.3 is 10.2 Å². The smallest absolute Gasteiger partial charge is 0.126 e. The number of halogens is 2. The third-order valence-corrected chi connectivity index (χ3v) is 4.01. The number of rotatable bonds is 5. The van der Waals surface area contributed by atoms with Crippen molar-refractivity contribution in [3.63, 3.8) is 0 Å². The van der Waals surface area contributed by atoms with Gasteiger partial charge in [0.2, 0.25) is 0 Å². The van der Waals surface area contributed by atoms with Gasteiger partial charge in [0.1, 0.15) is 5.82 Å². The highest BCUT2D eigenvalue weighted by Crippen LogP contribution is 2.30. The fraction of sp³-hybridized carbons (Fsp3) is 0.294. The average Bonchev–Trinajstić information content (AvgIpc) is 2.48. The second kappa shape index (κ2) is 6.56. The minimum absolute atomic E-state index is 0.176. The monoisotopic (exact) mass is 308 g/mol. The highest BCUT2D eigenvalue weighted by atomic mass is 35.5. The molecule has 0 bridgehead atoms. The molecule has 2 nitrogen and oxygen atoms in total. The zero-order chi connectivity index (χ0) is 15.5. The van der Waals surface area contributed by atoms with Crippen LogP contribution < -0.4 is 0 Å². The number of hydrogen-bond acceptors (Lipinski definition) is 2. The van der Waals surface area contributed by atoms with Crippen LogP contribution in [-0.2, 0) is 11.8 Å². The molecule has 2 aromatic carbocycles. The zero-order valence-electron chi connectivity index (χ0n) is 11.8. The van der Waals surface area contributed by atoms with Crippen molar-refractivity contribution in [2.24, 2.45) is 0 Å². The minimum atomic E-state index is -0.933. The normalized spacial score (nSPS) is 11.7. The molecule has 0 fully saturated rings. The van der Waals surface area contributed by atoms with Crippen LogP contribution in [0.15, 0.2) is 42.5 Å². The number of aliphatic hydroxyl groups is 2. The van der Waals surface area contributed by atoms with Gasteiger partial charge in [0.15, 0.2) is 0 Å². The topological polar surface area (TPSA) is 40.5 Å². The van der Waals surface area contributed by atoms with Crippen LogP contribution in [0.2, 0.25) is 5.02 Å². The molecular weight excluding hydrogens is 291 g/mol. The van der Waals surface area contributed by atoms with E-state index in [0.29, 0.717) is 10.6 Å². The summed E-state index contributed by atoms with van der Waals surface area (Å²) in [5.74, 6) is -0.390. The van der Waals surface area contributed by atoms with E-state index in [9.17, 15) is 14.6 Å². The van der Waals surface area contributed by atoms with Gasteiger partial charge in [-0.3, -0.25) is 0 Å². The Balaban J connectivity index is 2.45. The molecule has 0 aliphatic carbocycles. The standard InChI is InChI=1S/C17H18ClFO2/c1-12-3-2-4-14(7-12)17(10-20,11-21)9-13-8-15(18)5-6-16(13)19/h2-8,20-21H,9-11H2,1H3. The van der Waals surface area contributed by atoms with Crippen molar-refractivity contribution in [1.82, 2.24) is 0 Å². The molecule has 0 saturated heterocycles. The highest BCUT2D eigenvalue weighted by Gasteiger charge is 2.32. The quantitative estimate of drug-likeness (QED) is 0.890. The first-order valence-corrected chi connectivity index (χ1v) is 7.11. The third kappa shape index (κ3) is 3.43. The van der Waals surface area contributed by atoms with Crippen LogP contribution >= 0.6 is 11.6 Å². The first-order valence-electron chi connectivity index (χ1n) is 6.73. The van der Waals surface area contributed by atoms with Gasteiger partial charge in [-0.05, 0) is 42.7 Å². The molecule has 0 aliphatic rings. The van der Waals surface area contributed by atoms with Crippen molar-refractivity contribution < 1.29 is 14.6 Å². The Hall–Kier alpha value is -1.42. The first-order chi connectivity index (χ1) is 10.0. The lowest BCUT2D eigenvalue weighted by molar-refractivity contribution is 0.115. The molecule has 2 N–H and O–H groups in total. The number of hydrogen-bond donors (Lipinski definition) is 2. The Kier molecular flexibility index (Phi) is 4.99. The second-order valence-electron chi connectivity index (χ2n) is 5.38. The van der Waals surface area contributed by atoms with E-state index in [2.05, 4.69) is 0 Å². The maximum absolute atomic E-state index is 13.9. The summed E-state index contributed by atoms with van der Waals surface area (Å²) in [4.78, 5) is 0. The maximum atomic E-state index is 13.9. The Labute approximate surface area is 128 Å². The molecule has 0 saturated carbocycles. The molecule has 0 spiro atoms. The summed E-state index contributed by atoms with van der Waals surface area (Å²) in [5.41, 5.74) is 1.25. The van der Waals surface area contributed by atoms with Crippen LogP contribution in [0.25, 0.3) is 0 Å². The van der Waals surface area contributed by atoms with Gasteiger partial charge in [0.05, 0.1) is 13.2 Å². The van der Waals surface area contributed by atoms with Gasteiger partial charge in [-0.2, -0.15) is 0 Å². The van der Waals surface area contributed by atoms with Crippen molar-refractivity contribution in [1.29, 1.82) is 0 Å². The fourth-order valence-corrected chi connectivity index (χ4v) is 2.66.